The van der Waals surface area contributed by atoms with E-state index in [1.165, 1.54) is 0 Å². The third-order valence-electron chi connectivity index (χ3n) is 3.79. The number of rotatable bonds is 5. The molecular formula is C16H26N2O3. The Morgan fingerprint density at radius 1 is 1.19 bits per heavy atom. The molecule has 0 spiro atoms. The second kappa shape index (κ2) is 7.11. The number of methoxy groups -OCH3 is 2. The van der Waals surface area contributed by atoms with E-state index in [1.54, 1.807) is 14.2 Å². The van der Waals surface area contributed by atoms with Crippen molar-refractivity contribution in [1.29, 1.82) is 0 Å². The first kappa shape index (κ1) is 16.1. The first-order valence-corrected chi connectivity index (χ1v) is 7.38. The van der Waals surface area contributed by atoms with E-state index in [1.807, 2.05) is 18.2 Å². The van der Waals surface area contributed by atoms with Crippen LogP contribution < -0.4 is 15.2 Å². The molecule has 1 aromatic carbocycles. The first-order valence-electron chi connectivity index (χ1n) is 7.38. The molecule has 0 aliphatic carbocycles. The van der Waals surface area contributed by atoms with Crippen molar-refractivity contribution in [2.75, 3.05) is 33.9 Å². The molecule has 1 aliphatic rings. The van der Waals surface area contributed by atoms with Crippen molar-refractivity contribution in [3.05, 3.63) is 23.8 Å². The van der Waals surface area contributed by atoms with Gasteiger partial charge < -0.3 is 19.9 Å². The Bertz CT molecular complexity index is 457. The quantitative estimate of drug-likeness (QED) is 0.897. The molecule has 0 saturated carbocycles. The Kier molecular flexibility index (Phi) is 5.45. The smallest absolute Gasteiger partial charge is 0.161 e. The Morgan fingerprint density at radius 2 is 1.81 bits per heavy atom. The van der Waals surface area contributed by atoms with Crippen LogP contribution in [-0.2, 0) is 4.74 Å². The van der Waals surface area contributed by atoms with Crippen LogP contribution in [0.3, 0.4) is 0 Å². The van der Waals surface area contributed by atoms with Crippen LogP contribution in [0.15, 0.2) is 18.2 Å². The molecule has 1 heterocycles. The van der Waals surface area contributed by atoms with Crippen LogP contribution in [0, 0.1) is 0 Å². The lowest BCUT2D eigenvalue weighted by atomic mass is 10.1. The first-order chi connectivity index (χ1) is 10.0. The van der Waals surface area contributed by atoms with Gasteiger partial charge in [0.05, 0.1) is 26.4 Å². The second-order valence-corrected chi connectivity index (χ2v) is 5.70. The van der Waals surface area contributed by atoms with Crippen LogP contribution in [0.4, 0.5) is 0 Å². The molecule has 1 saturated heterocycles. The predicted octanol–water partition coefficient (Wildman–Crippen LogP) is 1.81. The monoisotopic (exact) mass is 294 g/mol. The molecule has 0 bridgehead atoms. The fourth-order valence-corrected chi connectivity index (χ4v) is 2.90. The highest BCUT2D eigenvalue weighted by molar-refractivity contribution is 5.43. The minimum atomic E-state index is -0.0534. The Hall–Kier alpha value is -1.30. The van der Waals surface area contributed by atoms with Gasteiger partial charge in [-0.05, 0) is 31.5 Å². The van der Waals surface area contributed by atoms with E-state index in [2.05, 4.69) is 18.7 Å². The molecule has 118 valence electrons. The average molecular weight is 294 g/mol. The van der Waals surface area contributed by atoms with E-state index in [4.69, 9.17) is 19.9 Å². The van der Waals surface area contributed by atoms with Gasteiger partial charge >= 0.3 is 0 Å². The summed E-state index contributed by atoms with van der Waals surface area (Å²) < 4.78 is 16.3. The van der Waals surface area contributed by atoms with Gasteiger partial charge in [0.1, 0.15) is 0 Å². The third-order valence-corrected chi connectivity index (χ3v) is 3.79. The van der Waals surface area contributed by atoms with Gasteiger partial charge in [0.2, 0.25) is 0 Å². The van der Waals surface area contributed by atoms with Gasteiger partial charge in [-0.25, -0.2) is 0 Å². The van der Waals surface area contributed by atoms with Crippen molar-refractivity contribution in [3.8, 4) is 11.5 Å². The molecule has 1 fully saturated rings. The number of benzene rings is 1. The summed E-state index contributed by atoms with van der Waals surface area (Å²) in [5, 5.41) is 0. The fourth-order valence-electron chi connectivity index (χ4n) is 2.90. The zero-order valence-electron chi connectivity index (χ0n) is 13.3. The summed E-state index contributed by atoms with van der Waals surface area (Å²) in [4.78, 5) is 2.36. The molecule has 3 unspecified atom stereocenters. The van der Waals surface area contributed by atoms with Crippen LogP contribution in [0.25, 0.3) is 0 Å². The largest absolute Gasteiger partial charge is 0.493 e. The van der Waals surface area contributed by atoms with Gasteiger partial charge in [0.25, 0.3) is 0 Å². The highest BCUT2D eigenvalue weighted by Crippen LogP contribution is 2.29. The molecule has 1 aromatic rings. The molecule has 5 heteroatoms. The zero-order valence-corrected chi connectivity index (χ0v) is 13.3. The van der Waals surface area contributed by atoms with Crippen LogP contribution >= 0.6 is 0 Å². The SMILES string of the molecule is COc1ccc(C(N)CN2CC(C)OC(C)C2)cc1OC. The van der Waals surface area contributed by atoms with E-state index in [-0.39, 0.29) is 18.2 Å². The summed E-state index contributed by atoms with van der Waals surface area (Å²) in [5.74, 6) is 1.44. The molecule has 2 N–H and O–H groups in total. The van der Waals surface area contributed by atoms with E-state index < -0.39 is 0 Å². The Balaban J connectivity index is 2.04. The van der Waals surface area contributed by atoms with Crippen molar-refractivity contribution in [3.63, 3.8) is 0 Å². The number of nitrogens with zero attached hydrogens (tertiary/aromatic N) is 1. The second-order valence-electron chi connectivity index (χ2n) is 5.70. The van der Waals surface area contributed by atoms with Gasteiger partial charge in [-0.15, -0.1) is 0 Å². The highest BCUT2D eigenvalue weighted by Gasteiger charge is 2.24. The zero-order chi connectivity index (χ0) is 15.4. The van der Waals surface area contributed by atoms with Crippen LogP contribution in [-0.4, -0.2) is 51.0 Å². The number of hydrogen-bond donors (Lipinski definition) is 1. The van der Waals surface area contributed by atoms with Crippen molar-refractivity contribution in [2.45, 2.75) is 32.1 Å². The van der Waals surface area contributed by atoms with Gasteiger partial charge in [0.15, 0.2) is 11.5 Å². The van der Waals surface area contributed by atoms with Gasteiger partial charge in [0, 0.05) is 25.7 Å². The van der Waals surface area contributed by atoms with E-state index in [0.29, 0.717) is 5.75 Å². The van der Waals surface area contributed by atoms with Gasteiger partial charge in [-0.3, -0.25) is 4.90 Å². The molecule has 0 aromatic heterocycles. The summed E-state index contributed by atoms with van der Waals surface area (Å²) in [6, 6.07) is 5.80. The topological polar surface area (TPSA) is 57.0 Å². The highest BCUT2D eigenvalue weighted by atomic mass is 16.5. The lowest BCUT2D eigenvalue weighted by molar-refractivity contribution is -0.0691. The number of hydrogen-bond acceptors (Lipinski definition) is 5. The molecular weight excluding hydrogens is 268 g/mol. The fraction of sp³-hybridized carbons (Fsp3) is 0.625. The van der Waals surface area contributed by atoms with Crippen LogP contribution in [0.5, 0.6) is 11.5 Å². The van der Waals surface area contributed by atoms with Gasteiger partial charge in [-0.2, -0.15) is 0 Å². The van der Waals surface area contributed by atoms with Crippen molar-refractivity contribution < 1.29 is 14.2 Å². The number of morpholine rings is 1. The van der Waals surface area contributed by atoms with E-state index in [0.717, 1.165) is 30.9 Å². The summed E-state index contributed by atoms with van der Waals surface area (Å²) in [5.41, 5.74) is 7.41. The third kappa shape index (κ3) is 4.09. The standard InChI is InChI=1S/C16H26N2O3/c1-11-8-18(9-12(2)21-11)10-14(17)13-5-6-15(19-3)16(7-13)20-4/h5-7,11-12,14H,8-10,17H2,1-4H3. The van der Waals surface area contributed by atoms with Crippen molar-refractivity contribution >= 4 is 0 Å². The molecule has 21 heavy (non-hydrogen) atoms. The van der Waals surface area contributed by atoms with Crippen LogP contribution in [0.1, 0.15) is 25.5 Å². The molecule has 0 radical (unpaired) electrons. The average Bonchev–Trinajstić information content (AvgIpc) is 2.45. The maximum absolute atomic E-state index is 6.35. The number of ether oxygens (including phenoxy) is 3. The maximum Gasteiger partial charge on any atom is 0.161 e. The van der Waals surface area contributed by atoms with Crippen LogP contribution in [0.2, 0.25) is 0 Å². The molecule has 2 rings (SSSR count). The summed E-state index contributed by atoms with van der Waals surface area (Å²) in [6.07, 6.45) is 0.512. The summed E-state index contributed by atoms with van der Waals surface area (Å²) >= 11 is 0. The minimum Gasteiger partial charge on any atom is -0.493 e. The van der Waals surface area contributed by atoms with Crippen molar-refractivity contribution in [2.24, 2.45) is 5.73 Å². The predicted molar refractivity (Wildman–Crippen MR) is 82.9 cm³/mol. The Labute approximate surface area is 127 Å². The van der Waals surface area contributed by atoms with Gasteiger partial charge in [-0.1, -0.05) is 6.07 Å². The lowest BCUT2D eigenvalue weighted by Gasteiger charge is -2.36. The molecule has 5 nitrogen and oxygen atoms in total. The number of nitrogens with two attached hydrogens (primary N) is 1. The Morgan fingerprint density at radius 3 is 2.38 bits per heavy atom. The molecule has 3 atom stereocenters. The molecule has 0 amide bonds. The van der Waals surface area contributed by atoms with Crippen molar-refractivity contribution in [1.82, 2.24) is 4.90 Å². The van der Waals surface area contributed by atoms with E-state index in [9.17, 15) is 0 Å². The normalized spacial score (nSPS) is 24.6. The summed E-state index contributed by atoms with van der Waals surface area (Å²) in [7, 11) is 3.27. The van der Waals surface area contributed by atoms with E-state index >= 15 is 0 Å². The molecule has 1 aliphatic heterocycles. The minimum absolute atomic E-state index is 0.0534. The summed E-state index contributed by atoms with van der Waals surface area (Å²) in [6.45, 7) is 6.86. The lowest BCUT2D eigenvalue weighted by Crippen LogP contribution is -2.47. The maximum atomic E-state index is 6.35.